The van der Waals surface area contributed by atoms with E-state index in [4.69, 9.17) is 14.5 Å². The number of benzene rings is 1. The van der Waals surface area contributed by atoms with E-state index < -0.39 is 0 Å². The van der Waals surface area contributed by atoms with Crippen LogP contribution in [-0.4, -0.2) is 53.7 Å². The van der Waals surface area contributed by atoms with Crippen molar-refractivity contribution >= 4 is 17.6 Å². The first-order valence-electron chi connectivity index (χ1n) is 9.23. The van der Waals surface area contributed by atoms with Gasteiger partial charge in [0.05, 0.1) is 25.9 Å². The number of nitrogens with one attached hydrogen (secondary N) is 1. The van der Waals surface area contributed by atoms with E-state index in [9.17, 15) is 4.79 Å². The van der Waals surface area contributed by atoms with Gasteiger partial charge in [-0.1, -0.05) is 23.9 Å². The van der Waals surface area contributed by atoms with Gasteiger partial charge in [0, 0.05) is 31.8 Å². The van der Waals surface area contributed by atoms with Gasteiger partial charge in [-0.3, -0.25) is 9.36 Å². The number of morpholine rings is 1. The number of hydrogen-bond acceptors (Lipinski definition) is 7. The second-order valence-electron chi connectivity index (χ2n) is 6.62. The molecule has 0 amide bonds. The molecule has 1 fully saturated rings. The lowest BCUT2D eigenvalue weighted by molar-refractivity contribution is 0.0494. The summed E-state index contributed by atoms with van der Waals surface area (Å²) in [6.45, 7) is 3.64. The maximum absolute atomic E-state index is 13.2. The highest BCUT2D eigenvalue weighted by Gasteiger charge is 2.21. The molecule has 3 heterocycles. The topological polar surface area (TPSA) is 68.6 Å². The van der Waals surface area contributed by atoms with Crippen molar-refractivity contribution in [3.8, 4) is 5.75 Å². The summed E-state index contributed by atoms with van der Waals surface area (Å²) in [5.74, 6) is 2.47. The van der Waals surface area contributed by atoms with E-state index in [-0.39, 0.29) is 5.56 Å². The van der Waals surface area contributed by atoms with Crippen LogP contribution in [0.1, 0.15) is 17.5 Å². The van der Waals surface area contributed by atoms with Crippen molar-refractivity contribution in [1.29, 1.82) is 0 Å². The third-order valence-corrected chi connectivity index (χ3v) is 5.86. The van der Waals surface area contributed by atoms with Gasteiger partial charge in [-0.15, -0.1) is 0 Å². The van der Waals surface area contributed by atoms with Crippen LogP contribution in [0.2, 0.25) is 0 Å². The lowest BCUT2D eigenvalue weighted by Gasteiger charge is -2.29. The Bertz CT molecular complexity index is 847. The van der Waals surface area contributed by atoms with Gasteiger partial charge in [0.1, 0.15) is 5.75 Å². The molecule has 1 N–H and O–H groups in total. The molecule has 2 aliphatic heterocycles. The fourth-order valence-corrected chi connectivity index (χ4v) is 4.23. The van der Waals surface area contributed by atoms with Gasteiger partial charge in [0.2, 0.25) is 0 Å². The van der Waals surface area contributed by atoms with Crippen LogP contribution < -0.4 is 15.7 Å². The summed E-state index contributed by atoms with van der Waals surface area (Å²) in [5, 5.41) is 2.88. The van der Waals surface area contributed by atoms with E-state index in [1.54, 1.807) is 18.9 Å². The molecular weight excluding hydrogens is 364 g/mol. The van der Waals surface area contributed by atoms with E-state index >= 15 is 0 Å². The van der Waals surface area contributed by atoms with E-state index in [1.807, 2.05) is 28.8 Å². The summed E-state index contributed by atoms with van der Waals surface area (Å²) in [6.07, 6.45) is 1.53. The van der Waals surface area contributed by atoms with E-state index in [0.717, 1.165) is 48.3 Å². The number of methoxy groups -OCH3 is 1. The van der Waals surface area contributed by atoms with Gasteiger partial charge >= 0.3 is 0 Å². The molecule has 1 saturated heterocycles. The van der Waals surface area contributed by atoms with E-state index in [2.05, 4.69) is 10.4 Å². The van der Waals surface area contributed by atoms with Crippen molar-refractivity contribution in [2.75, 3.05) is 44.6 Å². The molecular formula is C19H24N4O3S. The van der Waals surface area contributed by atoms with Crippen molar-refractivity contribution in [3.63, 3.8) is 0 Å². The Morgan fingerprint density at radius 2 is 2.00 bits per heavy atom. The van der Waals surface area contributed by atoms with Crippen LogP contribution >= 0.6 is 11.8 Å². The SMILES string of the molecule is COc1ccc(Cc2c(NN3CCOCC3)nc3n(c2=O)CCCS3)cc1. The van der Waals surface area contributed by atoms with Gasteiger partial charge in [-0.05, 0) is 24.1 Å². The molecule has 0 saturated carbocycles. The number of ether oxygens (including phenoxy) is 2. The fraction of sp³-hybridized carbons (Fsp3) is 0.474. The fourth-order valence-electron chi connectivity index (χ4n) is 3.29. The third-order valence-electron chi connectivity index (χ3n) is 4.80. The molecule has 1 aromatic carbocycles. The van der Waals surface area contributed by atoms with Crippen LogP contribution in [0.5, 0.6) is 5.75 Å². The second-order valence-corrected chi connectivity index (χ2v) is 7.68. The lowest BCUT2D eigenvalue weighted by Crippen LogP contribution is -2.42. The molecule has 0 bridgehead atoms. The highest BCUT2D eigenvalue weighted by atomic mass is 32.2. The average Bonchev–Trinajstić information content (AvgIpc) is 2.72. The molecule has 4 rings (SSSR count). The van der Waals surface area contributed by atoms with Crippen LogP contribution in [0.4, 0.5) is 5.82 Å². The number of nitrogens with zero attached hydrogens (tertiary/aromatic N) is 3. The number of anilines is 1. The number of hydrazine groups is 1. The third kappa shape index (κ3) is 4.12. The second kappa shape index (κ2) is 8.33. The number of rotatable bonds is 5. The number of fused-ring (bicyclic) bond motifs is 1. The minimum Gasteiger partial charge on any atom is -0.497 e. The summed E-state index contributed by atoms with van der Waals surface area (Å²) in [4.78, 5) is 18.0. The van der Waals surface area contributed by atoms with Crippen molar-refractivity contribution < 1.29 is 9.47 Å². The molecule has 2 aromatic rings. The maximum atomic E-state index is 13.2. The first-order valence-corrected chi connectivity index (χ1v) is 10.2. The number of thioether (sulfide) groups is 1. The summed E-state index contributed by atoms with van der Waals surface area (Å²) in [6, 6.07) is 7.83. The van der Waals surface area contributed by atoms with E-state index in [0.29, 0.717) is 31.0 Å². The summed E-state index contributed by atoms with van der Waals surface area (Å²) < 4.78 is 12.5. The minimum absolute atomic E-state index is 0.0544. The van der Waals surface area contributed by atoms with Crippen molar-refractivity contribution in [3.05, 3.63) is 45.7 Å². The molecule has 0 spiro atoms. The smallest absolute Gasteiger partial charge is 0.259 e. The largest absolute Gasteiger partial charge is 0.497 e. The van der Waals surface area contributed by atoms with Crippen molar-refractivity contribution in [1.82, 2.24) is 14.6 Å². The molecule has 0 aliphatic carbocycles. The summed E-state index contributed by atoms with van der Waals surface area (Å²) >= 11 is 1.65. The van der Waals surface area contributed by atoms with Crippen LogP contribution in [0, 0.1) is 0 Å². The Morgan fingerprint density at radius 1 is 1.22 bits per heavy atom. The Balaban J connectivity index is 1.68. The zero-order valence-corrected chi connectivity index (χ0v) is 16.3. The molecule has 7 nitrogen and oxygen atoms in total. The number of hydrogen-bond donors (Lipinski definition) is 1. The van der Waals surface area contributed by atoms with Crippen LogP contribution in [-0.2, 0) is 17.7 Å². The first kappa shape index (κ1) is 18.3. The highest BCUT2D eigenvalue weighted by Crippen LogP contribution is 2.25. The van der Waals surface area contributed by atoms with Gasteiger partial charge in [0.25, 0.3) is 5.56 Å². The standard InChI is InChI=1S/C19H24N4O3S/c1-25-15-5-3-14(4-6-15)13-16-17(21-22-8-10-26-11-9-22)20-19-23(18(16)24)7-2-12-27-19/h3-6,21H,2,7-13H2,1H3. The molecule has 0 radical (unpaired) electrons. The first-order chi connectivity index (χ1) is 13.2. The Hall–Kier alpha value is -2.03. The summed E-state index contributed by atoms with van der Waals surface area (Å²) in [7, 11) is 1.65. The Morgan fingerprint density at radius 3 is 2.74 bits per heavy atom. The van der Waals surface area contributed by atoms with Crippen LogP contribution in [0.15, 0.2) is 34.2 Å². The maximum Gasteiger partial charge on any atom is 0.259 e. The zero-order valence-electron chi connectivity index (χ0n) is 15.4. The lowest BCUT2D eigenvalue weighted by atomic mass is 10.1. The predicted molar refractivity (Wildman–Crippen MR) is 106 cm³/mol. The monoisotopic (exact) mass is 388 g/mol. The Labute approximate surface area is 162 Å². The molecule has 1 aromatic heterocycles. The normalized spacial score (nSPS) is 17.4. The molecule has 27 heavy (non-hydrogen) atoms. The molecule has 8 heteroatoms. The Kier molecular flexibility index (Phi) is 5.66. The van der Waals surface area contributed by atoms with Crippen molar-refractivity contribution in [2.45, 2.75) is 24.5 Å². The van der Waals surface area contributed by atoms with E-state index in [1.165, 1.54) is 0 Å². The molecule has 144 valence electrons. The van der Waals surface area contributed by atoms with Gasteiger partial charge < -0.3 is 14.9 Å². The minimum atomic E-state index is 0.0544. The van der Waals surface area contributed by atoms with Crippen LogP contribution in [0.3, 0.4) is 0 Å². The van der Waals surface area contributed by atoms with Gasteiger partial charge in [-0.2, -0.15) is 0 Å². The average molecular weight is 388 g/mol. The quantitative estimate of drug-likeness (QED) is 0.786. The molecule has 2 aliphatic rings. The molecule has 0 atom stereocenters. The van der Waals surface area contributed by atoms with Gasteiger partial charge in [-0.25, -0.2) is 9.99 Å². The summed E-state index contributed by atoms with van der Waals surface area (Å²) in [5.41, 5.74) is 5.19. The van der Waals surface area contributed by atoms with Crippen LogP contribution in [0.25, 0.3) is 0 Å². The van der Waals surface area contributed by atoms with Crippen molar-refractivity contribution in [2.24, 2.45) is 0 Å². The van der Waals surface area contributed by atoms with Gasteiger partial charge in [0.15, 0.2) is 11.0 Å². The zero-order chi connectivity index (χ0) is 18.6. The highest BCUT2D eigenvalue weighted by molar-refractivity contribution is 7.99. The number of aromatic nitrogens is 2. The predicted octanol–water partition coefficient (Wildman–Crippen LogP) is 2.00. The molecule has 0 unspecified atom stereocenters.